The van der Waals surface area contributed by atoms with Crippen molar-refractivity contribution in [1.82, 2.24) is 5.43 Å². The molecule has 2 N–H and O–H groups in total. The first-order chi connectivity index (χ1) is 21.8. The molecule has 0 saturated heterocycles. The Morgan fingerprint density at radius 3 is 2.11 bits per heavy atom. The lowest BCUT2D eigenvalue weighted by Gasteiger charge is -2.15. The quantitative estimate of drug-likeness (QED) is 0.0795. The standard InChI is InChI=1S/C33H30BrN3O8/c1-5-44-27-16-20(10-15-26(27)45-33(40)21-11-13-23(34)14-12-21)19-35-37-32(39)24-8-6-7-9-25(24)36-31(38)22-17-28(41-2)30(43-4)29(18-22)42-3/h6-19H,5H2,1-4H3,(H,36,38)(H,37,39)/b35-19-. The van der Waals surface area contributed by atoms with E-state index in [1.807, 2.05) is 0 Å². The highest BCUT2D eigenvalue weighted by atomic mass is 79.9. The predicted molar refractivity (Wildman–Crippen MR) is 172 cm³/mol. The Hall–Kier alpha value is -5.36. The fraction of sp³-hybridized carbons (Fsp3) is 0.152. The average molecular weight is 677 g/mol. The van der Waals surface area contributed by atoms with E-state index in [1.54, 1.807) is 73.7 Å². The Balaban J connectivity index is 1.46. The number of anilines is 1. The first-order valence-electron chi connectivity index (χ1n) is 13.6. The second kappa shape index (κ2) is 15.4. The highest BCUT2D eigenvalue weighted by molar-refractivity contribution is 9.10. The Morgan fingerprint density at radius 1 is 0.778 bits per heavy atom. The third-order valence-corrected chi connectivity index (χ3v) is 6.81. The number of carbonyl (C=O) groups is 3. The Kier molecular flexibility index (Phi) is 11.1. The van der Waals surface area contributed by atoms with Crippen LogP contribution in [-0.4, -0.2) is 51.9 Å². The minimum Gasteiger partial charge on any atom is -0.493 e. The van der Waals surface area contributed by atoms with Crippen LogP contribution in [0.5, 0.6) is 28.7 Å². The minimum atomic E-state index is -0.558. The number of hydrogen-bond donors (Lipinski definition) is 2. The van der Waals surface area contributed by atoms with Gasteiger partial charge in [-0.2, -0.15) is 5.10 Å². The molecule has 0 fully saturated rings. The van der Waals surface area contributed by atoms with Gasteiger partial charge >= 0.3 is 5.97 Å². The van der Waals surface area contributed by atoms with Crippen molar-refractivity contribution in [2.75, 3.05) is 33.3 Å². The lowest BCUT2D eigenvalue weighted by Crippen LogP contribution is -2.21. The molecule has 4 rings (SSSR count). The summed E-state index contributed by atoms with van der Waals surface area (Å²) in [5.74, 6) is -0.0521. The molecule has 0 saturated carbocycles. The molecule has 12 heteroatoms. The first kappa shape index (κ1) is 32.6. The molecule has 0 aliphatic rings. The van der Waals surface area contributed by atoms with Gasteiger partial charge in [0.1, 0.15) is 0 Å². The van der Waals surface area contributed by atoms with Crippen molar-refractivity contribution in [2.24, 2.45) is 5.10 Å². The summed E-state index contributed by atoms with van der Waals surface area (Å²) in [5, 5.41) is 6.81. The normalized spacial score (nSPS) is 10.6. The van der Waals surface area contributed by atoms with Gasteiger partial charge in [0.15, 0.2) is 23.0 Å². The summed E-state index contributed by atoms with van der Waals surface area (Å²) in [6.45, 7) is 2.14. The maximum atomic E-state index is 13.1. The minimum absolute atomic E-state index is 0.181. The van der Waals surface area contributed by atoms with Gasteiger partial charge in [-0.25, -0.2) is 10.2 Å². The number of nitrogens with one attached hydrogen (secondary N) is 2. The number of carbonyl (C=O) groups excluding carboxylic acids is 3. The first-order valence-corrected chi connectivity index (χ1v) is 14.4. The van der Waals surface area contributed by atoms with E-state index in [0.717, 1.165) is 4.47 Å². The van der Waals surface area contributed by atoms with Crippen molar-refractivity contribution in [1.29, 1.82) is 0 Å². The number of para-hydroxylation sites is 1. The molecular formula is C33H30BrN3O8. The summed E-state index contributed by atoms with van der Waals surface area (Å²) in [5.41, 5.74) is 4.10. The van der Waals surface area contributed by atoms with E-state index in [0.29, 0.717) is 40.7 Å². The van der Waals surface area contributed by atoms with E-state index >= 15 is 0 Å². The predicted octanol–water partition coefficient (Wildman–Crippen LogP) is 6.11. The molecule has 0 bridgehead atoms. The second-order valence-corrected chi connectivity index (χ2v) is 10.1. The third-order valence-electron chi connectivity index (χ3n) is 6.28. The van der Waals surface area contributed by atoms with Crippen molar-refractivity contribution < 1.29 is 38.1 Å². The van der Waals surface area contributed by atoms with Gasteiger partial charge in [0, 0.05) is 10.0 Å². The van der Waals surface area contributed by atoms with Gasteiger partial charge in [0.25, 0.3) is 11.8 Å². The Bertz CT molecular complexity index is 1700. The second-order valence-electron chi connectivity index (χ2n) is 9.15. The van der Waals surface area contributed by atoms with Crippen LogP contribution in [0.4, 0.5) is 5.69 Å². The molecule has 45 heavy (non-hydrogen) atoms. The van der Waals surface area contributed by atoms with E-state index in [2.05, 4.69) is 31.8 Å². The molecular weight excluding hydrogens is 646 g/mol. The van der Waals surface area contributed by atoms with Gasteiger partial charge in [0.2, 0.25) is 5.75 Å². The largest absolute Gasteiger partial charge is 0.493 e. The monoisotopic (exact) mass is 675 g/mol. The fourth-order valence-electron chi connectivity index (χ4n) is 4.12. The topological polar surface area (TPSA) is 134 Å². The van der Waals surface area contributed by atoms with Crippen molar-refractivity contribution in [3.8, 4) is 28.7 Å². The number of esters is 1. The number of hydrazone groups is 1. The van der Waals surface area contributed by atoms with Gasteiger partial charge in [0.05, 0.1) is 51.0 Å². The average Bonchev–Trinajstić information content (AvgIpc) is 3.05. The molecule has 0 radical (unpaired) electrons. The number of amides is 2. The van der Waals surface area contributed by atoms with Crippen LogP contribution >= 0.6 is 15.9 Å². The van der Waals surface area contributed by atoms with Crippen LogP contribution in [0.25, 0.3) is 0 Å². The fourth-order valence-corrected chi connectivity index (χ4v) is 4.39. The SMILES string of the molecule is CCOc1cc(/C=N\NC(=O)c2ccccc2NC(=O)c2cc(OC)c(OC)c(OC)c2)ccc1OC(=O)c1ccc(Br)cc1. The van der Waals surface area contributed by atoms with Crippen LogP contribution in [0.3, 0.4) is 0 Å². The van der Waals surface area contributed by atoms with Gasteiger partial charge in [-0.05, 0) is 79.2 Å². The number of hydrogen-bond acceptors (Lipinski definition) is 9. The summed E-state index contributed by atoms with van der Waals surface area (Å²) in [4.78, 5) is 38.8. The molecule has 232 valence electrons. The van der Waals surface area contributed by atoms with Gasteiger partial charge < -0.3 is 29.0 Å². The van der Waals surface area contributed by atoms with E-state index in [-0.39, 0.29) is 22.6 Å². The van der Waals surface area contributed by atoms with Crippen LogP contribution in [-0.2, 0) is 0 Å². The van der Waals surface area contributed by atoms with Crippen molar-refractivity contribution in [2.45, 2.75) is 6.92 Å². The maximum absolute atomic E-state index is 13.1. The number of methoxy groups -OCH3 is 3. The summed E-state index contributed by atoms with van der Waals surface area (Å²) < 4.78 is 28.0. The number of benzene rings is 4. The lowest BCUT2D eigenvalue weighted by molar-refractivity contribution is 0.0728. The molecule has 0 unspecified atom stereocenters. The molecule has 2 amide bonds. The zero-order valence-electron chi connectivity index (χ0n) is 24.9. The molecule has 0 heterocycles. The van der Waals surface area contributed by atoms with E-state index in [9.17, 15) is 14.4 Å². The van der Waals surface area contributed by atoms with E-state index < -0.39 is 17.8 Å². The van der Waals surface area contributed by atoms with Crippen molar-refractivity contribution >= 4 is 45.6 Å². The van der Waals surface area contributed by atoms with Crippen molar-refractivity contribution in [3.63, 3.8) is 0 Å². The van der Waals surface area contributed by atoms with Gasteiger partial charge in [-0.15, -0.1) is 0 Å². The highest BCUT2D eigenvalue weighted by Gasteiger charge is 2.19. The molecule has 0 aliphatic carbocycles. The van der Waals surface area contributed by atoms with E-state index in [1.165, 1.54) is 39.7 Å². The summed E-state index contributed by atoms with van der Waals surface area (Å²) in [6, 6.07) is 21.2. The number of ether oxygens (including phenoxy) is 5. The zero-order chi connectivity index (χ0) is 32.3. The molecule has 0 atom stereocenters. The van der Waals surface area contributed by atoms with Gasteiger partial charge in [-0.3, -0.25) is 9.59 Å². The zero-order valence-corrected chi connectivity index (χ0v) is 26.5. The van der Waals surface area contributed by atoms with Gasteiger partial charge in [-0.1, -0.05) is 28.1 Å². The highest BCUT2D eigenvalue weighted by Crippen LogP contribution is 2.38. The number of rotatable bonds is 12. The molecule has 11 nitrogen and oxygen atoms in total. The van der Waals surface area contributed by atoms with E-state index in [4.69, 9.17) is 23.7 Å². The molecule has 0 aliphatic heterocycles. The molecule has 4 aromatic rings. The van der Waals surface area contributed by atoms with Crippen LogP contribution < -0.4 is 34.4 Å². The summed E-state index contributed by atoms with van der Waals surface area (Å²) in [6.07, 6.45) is 1.41. The molecule has 4 aromatic carbocycles. The molecule has 0 spiro atoms. The van der Waals surface area contributed by atoms with Crippen LogP contribution in [0, 0.1) is 0 Å². The van der Waals surface area contributed by atoms with Crippen LogP contribution in [0.2, 0.25) is 0 Å². The smallest absolute Gasteiger partial charge is 0.343 e. The van der Waals surface area contributed by atoms with Crippen molar-refractivity contribution in [3.05, 3.63) is 106 Å². The number of halogens is 1. The number of nitrogens with zero attached hydrogens (tertiary/aromatic N) is 1. The Labute approximate surface area is 268 Å². The molecule has 0 aromatic heterocycles. The van der Waals surface area contributed by atoms with Crippen LogP contribution in [0.15, 0.2) is 88.4 Å². The third kappa shape index (κ3) is 8.18. The lowest BCUT2D eigenvalue weighted by atomic mass is 10.1. The van der Waals surface area contributed by atoms with Crippen LogP contribution in [0.1, 0.15) is 43.6 Å². The summed E-state index contributed by atoms with van der Waals surface area (Å²) in [7, 11) is 4.37. The maximum Gasteiger partial charge on any atom is 0.343 e. The Morgan fingerprint density at radius 2 is 1.47 bits per heavy atom. The summed E-state index contributed by atoms with van der Waals surface area (Å²) >= 11 is 3.34.